The molecule has 0 saturated carbocycles. The molecule has 2 heterocycles. The van der Waals surface area contributed by atoms with E-state index in [2.05, 4.69) is 26.0 Å². The summed E-state index contributed by atoms with van der Waals surface area (Å²) in [4.78, 5) is 4.72. The highest BCUT2D eigenvalue weighted by Gasteiger charge is 2.14. The quantitative estimate of drug-likeness (QED) is 0.726. The van der Waals surface area contributed by atoms with Crippen LogP contribution in [-0.4, -0.2) is 23.6 Å². The molecule has 3 rings (SSSR count). The third-order valence-electron chi connectivity index (χ3n) is 3.83. The number of imidazole rings is 1. The Morgan fingerprint density at radius 2 is 1.82 bits per heavy atom. The topological polar surface area (TPSA) is 35.8 Å². The number of fused-ring (bicyclic) bond motifs is 1. The third kappa shape index (κ3) is 2.41. The first-order valence-electron chi connectivity index (χ1n) is 7.34. The van der Waals surface area contributed by atoms with Gasteiger partial charge in [0.15, 0.2) is 11.4 Å². The zero-order valence-corrected chi connectivity index (χ0v) is 13.3. The van der Waals surface area contributed by atoms with E-state index in [1.807, 2.05) is 35.0 Å². The van der Waals surface area contributed by atoms with E-state index in [-0.39, 0.29) is 0 Å². The molecule has 0 saturated heterocycles. The highest BCUT2D eigenvalue weighted by molar-refractivity contribution is 5.71. The van der Waals surface area contributed by atoms with Crippen molar-refractivity contribution in [2.45, 2.75) is 19.8 Å². The monoisotopic (exact) mass is 296 g/mol. The fraction of sp³-hybridized carbons (Fsp3) is 0.278. The van der Waals surface area contributed by atoms with Gasteiger partial charge in [-0.1, -0.05) is 19.9 Å². The van der Waals surface area contributed by atoms with Crippen LogP contribution in [-0.2, 0) is 0 Å². The Kier molecular flexibility index (Phi) is 3.75. The number of pyridine rings is 1. The second-order valence-corrected chi connectivity index (χ2v) is 5.55. The smallest absolute Gasteiger partial charge is 0.180 e. The fourth-order valence-electron chi connectivity index (χ4n) is 2.56. The maximum atomic E-state index is 5.51. The van der Waals surface area contributed by atoms with Gasteiger partial charge in [0, 0.05) is 18.0 Å². The molecule has 0 spiro atoms. The van der Waals surface area contributed by atoms with Crippen LogP contribution >= 0.6 is 0 Å². The maximum absolute atomic E-state index is 5.51. The van der Waals surface area contributed by atoms with E-state index in [1.54, 1.807) is 14.2 Å². The number of aromatic nitrogens is 2. The molecule has 0 bridgehead atoms. The Morgan fingerprint density at radius 1 is 1.05 bits per heavy atom. The average molecular weight is 296 g/mol. The van der Waals surface area contributed by atoms with Gasteiger partial charge in [0.05, 0.1) is 19.9 Å². The lowest BCUT2D eigenvalue weighted by atomic mass is 9.99. The molecule has 0 aliphatic rings. The molecular weight excluding hydrogens is 276 g/mol. The van der Waals surface area contributed by atoms with Crippen molar-refractivity contribution in [2.75, 3.05) is 14.2 Å². The van der Waals surface area contributed by atoms with E-state index in [4.69, 9.17) is 14.5 Å². The van der Waals surface area contributed by atoms with Crippen LogP contribution in [0.3, 0.4) is 0 Å². The molecule has 0 aliphatic carbocycles. The predicted octanol–water partition coefficient (Wildman–Crippen LogP) is 4.14. The Labute approximate surface area is 130 Å². The molecule has 1 aromatic carbocycles. The Morgan fingerprint density at radius 3 is 2.50 bits per heavy atom. The molecule has 0 N–H and O–H groups in total. The summed E-state index contributed by atoms with van der Waals surface area (Å²) >= 11 is 0. The lowest BCUT2D eigenvalue weighted by Gasteiger charge is -2.11. The summed E-state index contributed by atoms with van der Waals surface area (Å²) in [7, 11) is 3.34. The van der Waals surface area contributed by atoms with Gasteiger partial charge < -0.3 is 13.9 Å². The van der Waals surface area contributed by atoms with Crippen molar-refractivity contribution >= 4 is 5.65 Å². The highest BCUT2D eigenvalue weighted by Crippen LogP contribution is 2.33. The molecule has 22 heavy (non-hydrogen) atoms. The molecule has 0 fully saturated rings. The van der Waals surface area contributed by atoms with Crippen LogP contribution in [0.4, 0.5) is 0 Å². The number of benzene rings is 1. The minimum Gasteiger partial charge on any atom is -0.496 e. The number of ether oxygens (including phenoxy) is 2. The SMILES string of the molecule is COc1ccc(C(C)C)cc1-c1cn2cccc(OC)c2n1. The van der Waals surface area contributed by atoms with Gasteiger partial charge >= 0.3 is 0 Å². The van der Waals surface area contributed by atoms with Gasteiger partial charge in [0.25, 0.3) is 0 Å². The van der Waals surface area contributed by atoms with Gasteiger partial charge in [-0.2, -0.15) is 0 Å². The number of rotatable bonds is 4. The maximum Gasteiger partial charge on any atom is 0.180 e. The average Bonchev–Trinajstić information content (AvgIpc) is 2.97. The van der Waals surface area contributed by atoms with Crippen molar-refractivity contribution in [1.29, 1.82) is 0 Å². The normalized spacial score (nSPS) is 11.1. The van der Waals surface area contributed by atoms with Crippen LogP contribution in [0.15, 0.2) is 42.7 Å². The third-order valence-corrected chi connectivity index (χ3v) is 3.83. The largest absolute Gasteiger partial charge is 0.496 e. The Hall–Kier alpha value is -2.49. The van der Waals surface area contributed by atoms with Gasteiger partial charge in [-0.05, 0) is 35.7 Å². The number of methoxy groups -OCH3 is 2. The number of hydrogen-bond donors (Lipinski definition) is 0. The van der Waals surface area contributed by atoms with Crippen LogP contribution in [0.1, 0.15) is 25.3 Å². The van der Waals surface area contributed by atoms with E-state index in [1.165, 1.54) is 5.56 Å². The van der Waals surface area contributed by atoms with Crippen LogP contribution in [0.5, 0.6) is 11.5 Å². The van der Waals surface area contributed by atoms with Crippen molar-refractivity contribution < 1.29 is 9.47 Å². The number of hydrogen-bond acceptors (Lipinski definition) is 3. The van der Waals surface area contributed by atoms with Crippen LogP contribution in [0.25, 0.3) is 16.9 Å². The lowest BCUT2D eigenvalue weighted by Crippen LogP contribution is -1.93. The number of nitrogens with zero attached hydrogens (tertiary/aromatic N) is 2. The first kappa shape index (κ1) is 14.4. The summed E-state index contributed by atoms with van der Waals surface area (Å²) in [5.74, 6) is 2.04. The molecule has 4 heteroatoms. The van der Waals surface area contributed by atoms with Crippen LogP contribution in [0.2, 0.25) is 0 Å². The molecule has 0 amide bonds. The summed E-state index contributed by atoms with van der Waals surface area (Å²) in [5.41, 5.74) is 3.94. The van der Waals surface area contributed by atoms with Gasteiger partial charge in [-0.3, -0.25) is 0 Å². The van der Waals surface area contributed by atoms with Crippen LogP contribution < -0.4 is 9.47 Å². The molecule has 114 valence electrons. The second-order valence-electron chi connectivity index (χ2n) is 5.55. The van der Waals surface area contributed by atoms with Gasteiger partial charge in [-0.25, -0.2) is 4.98 Å². The summed E-state index contributed by atoms with van der Waals surface area (Å²) in [6, 6.07) is 10.1. The van der Waals surface area contributed by atoms with Gasteiger partial charge in [0.1, 0.15) is 5.75 Å². The lowest BCUT2D eigenvalue weighted by molar-refractivity contribution is 0.416. The minimum absolute atomic E-state index is 0.455. The summed E-state index contributed by atoms with van der Waals surface area (Å²) in [5, 5.41) is 0. The van der Waals surface area contributed by atoms with E-state index in [0.29, 0.717) is 5.92 Å². The zero-order chi connectivity index (χ0) is 15.7. The first-order chi connectivity index (χ1) is 10.6. The van der Waals surface area contributed by atoms with Gasteiger partial charge in [0.2, 0.25) is 0 Å². The fourth-order valence-corrected chi connectivity index (χ4v) is 2.56. The summed E-state index contributed by atoms with van der Waals surface area (Å²) in [6.45, 7) is 4.36. The van der Waals surface area contributed by atoms with Crippen molar-refractivity contribution in [3.05, 3.63) is 48.3 Å². The standard InChI is InChI=1S/C18H20N2O2/c1-12(2)13-7-8-16(21-3)14(10-13)15-11-20-9-5-6-17(22-4)18(20)19-15/h5-12H,1-4H3. The molecular formula is C18H20N2O2. The van der Waals surface area contributed by atoms with Gasteiger partial charge in [-0.15, -0.1) is 0 Å². The summed E-state index contributed by atoms with van der Waals surface area (Å²) in [6.07, 6.45) is 3.97. The van der Waals surface area contributed by atoms with Crippen molar-refractivity contribution in [2.24, 2.45) is 0 Å². The molecule has 4 nitrogen and oxygen atoms in total. The van der Waals surface area contributed by atoms with E-state index >= 15 is 0 Å². The molecule has 2 aromatic heterocycles. The minimum atomic E-state index is 0.455. The van der Waals surface area contributed by atoms with Crippen LogP contribution in [0, 0.1) is 0 Å². The second kappa shape index (κ2) is 5.72. The zero-order valence-electron chi connectivity index (χ0n) is 13.3. The van der Waals surface area contributed by atoms with E-state index in [0.717, 1.165) is 28.4 Å². The van der Waals surface area contributed by atoms with Crippen molar-refractivity contribution in [3.63, 3.8) is 0 Å². The molecule has 3 aromatic rings. The molecule has 0 unspecified atom stereocenters. The van der Waals surface area contributed by atoms with E-state index in [9.17, 15) is 0 Å². The van der Waals surface area contributed by atoms with Crippen molar-refractivity contribution in [1.82, 2.24) is 9.38 Å². The Balaban J connectivity index is 2.20. The Bertz CT molecular complexity index is 806. The predicted molar refractivity (Wildman–Crippen MR) is 87.8 cm³/mol. The molecule has 0 atom stereocenters. The first-order valence-corrected chi connectivity index (χ1v) is 7.34. The molecule has 0 radical (unpaired) electrons. The highest BCUT2D eigenvalue weighted by atomic mass is 16.5. The van der Waals surface area contributed by atoms with Crippen molar-refractivity contribution in [3.8, 4) is 22.8 Å². The molecule has 0 aliphatic heterocycles. The van der Waals surface area contributed by atoms with E-state index < -0.39 is 0 Å². The summed E-state index contributed by atoms with van der Waals surface area (Å²) < 4.78 is 12.9.